The summed E-state index contributed by atoms with van der Waals surface area (Å²) in [4.78, 5) is 13.9. The Morgan fingerprint density at radius 2 is 1.94 bits per heavy atom. The highest BCUT2D eigenvalue weighted by Gasteiger charge is 2.25. The number of nitrogens with zero attached hydrogens (tertiary/aromatic N) is 1. The third kappa shape index (κ3) is 3.78. The van der Waals surface area contributed by atoms with E-state index in [1.165, 1.54) is 12.8 Å². The van der Waals surface area contributed by atoms with Crippen molar-refractivity contribution >= 4 is 5.91 Å². The molecule has 0 radical (unpaired) electrons. The largest absolute Gasteiger partial charge is 0.343 e. The van der Waals surface area contributed by atoms with Gasteiger partial charge in [-0.2, -0.15) is 0 Å². The van der Waals surface area contributed by atoms with Crippen molar-refractivity contribution in [1.82, 2.24) is 4.90 Å². The molecule has 0 aromatic rings. The number of hydrogen-bond donors (Lipinski definition) is 1. The third-order valence-electron chi connectivity index (χ3n) is 3.89. The van der Waals surface area contributed by atoms with Gasteiger partial charge < -0.3 is 10.6 Å². The van der Waals surface area contributed by atoms with Gasteiger partial charge in [0.1, 0.15) is 0 Å². The molecule has 1 aliphatic carbocycles. The van der Waals surface area contributed by atoms with Gasteiger partial charge in [-0.1, -0.05) is 13.8 Å². The molecular weight excluding hydrogens is 200 g/mol. The fourth-order valence-corrected chi connectivity index (χ4v) is 2.35. The lowest BCUT2D eigenvalue weighted by atomic mass is 9.86. The van der Waals surface area contributed by atoms with Gasteiger partial charge >= 0.3 is 0 Å². The molecule has 1 aliphatic rings. The molecule has 0 aromatic heterocycles. The predicted octanol–water partition coefficient (Wildman–Crippen LogP) is 2.15. The summed E-state index contributed by atoms with van der Waals surface area (Å²) in [5.74, 6) is 1.05. The first-order valence-corrected chi connectivity index (χ1v) is 6.55. The summed E-state index contributed by atoms with van der Waals surface area (Å²) in [6.45, 7) is 4.32. The average molecular weight is 226 g/mol. The van der Waals surface area contributed by atoms with E-state index in [-0.39, 0.29) is 11.9 Å². The maximum Gasteiger partial charge on any atom is 0.224 e. The Labute approximate surface area is 99.4 Å². The summed E-state index contributed by atoms with van der Waals surface area (Å²) < 4.78 is 0. The van der Waals surface area contributed by atoms with Crippen LogP contribution in [-0.2, 0) is 4.79 Å². The Morgan fingerprint density at radius 1 is 1.38 bits per heavy atom. The molecule has 3 nitrogen and oxygen atoms in total. The van der Waals surface area contributed by atoms with Crippen LogP contribution in [0, 0.1) is 5.92 Å². The molecule has 0 aromatic carbocycles. The van der Waals surface area contributed by atoms with Crippen LogP contribution in [0.25, 0.3) is 0 Å². The van der Waals surface area contributed by atoms with E-state index in [4.69, 9.17) is 5.73 Å². The molecule has 1 rings (SSSR count). The van der Waals surface area contributed by atoms with Crippen LogP contribution in [0.1, 0.15) is 52.4 Å². The molecule has 1 saturated carbocycles. The first-order valence-electron chi connectivity index (χ1n) is 6.55. The Kier molecular flexibility index (Phi) is 5.26. The van der Waals surface area contributed by atoms with Gasteiger partial charge in [0.15, 0.2) is 0 Å². The van der Waals surface area contributed by atoms with Crippen molar-refractivity contribution < 1.29 is 4.79 Å². The lowest BCUT2D eigenvalue weighted by Gasteiger charge is -2.34. The van der Waals surface area contributed by atoms with Crippen LogP contribution in [-0.4, -0.2) is 29.9 Å². The molecule has 1 amide bonds. The van der Waals surface area contributed by atoms with Gasteiger partial charge in [0.25, 0.3) is 0 Å². The van der Waals surface area contributed by atoms with E-state index < -0.39 is 0 Å². The van der Waals surface area contributed by atoms with Crippen molar-refractivity contribution in [3.8, 4) is 0 Å². The second-order valence-electron chi connectivity index (χ2n) is 5.29. The Bertz CT molecular complexity index is 222. The van der Waals surface area contributed by atoms with E-state index in [2.05, 4.69) is 6.92 Å². The van der Waals surface area contributed by atoms with Gasteiger partial charge in [-0.05, 0) is 38.0 Å². The minimum Gasteiger partial charge on any atom is -0.343 e. The molecule has 0 aliphatic heterocycles. The van der Waals surface area contributed by atoms with Gasteiger partial charge in [0.05, 0.1) is 0 Å². The van der Waals surface area contributed by atoms with E-state index >= 15 is 0 Å². The fraction of sp³-hybridized carbons (Fsp3) is 0.923. The van der Waals surface area contributed by atoms with E-state index in [1.807, 2.05) is 18.9 Å². The van der Waals surface area contributed by atoms with Crippen molar-refractivity contribution in [3.63, 3.8) is 0 Å². The highest BCUT2D eigenvalue weighted by molar-refractivity contribution is 5.76. The zero-order chi connectivity index (χ0) is 12.1. The van der Waals surface area contributed by atoms with E-state index in [0.29, 0.717) is 12.5 Å². The van der Waals surface area contributed by atoms with Gasteiger partial charge in [-0.3, -0.25) is 4.79 Å². The minimum atomic E-state index is 0.0254. The van der Waals surface area contributed by atoms with E-state index in [1.54, 1.807) is 0 Å². The number of nitrogens with two attached hydrogens (primary N) is 1. The first kappa shape index (κ1) is 13.5. The molecule has 1 atom stereocenters. The summed E-state index contributed by atoms with van der Waals surface area (Å²) >= 11 is 0. The van der Waals surface area contributed by atoms with Crippen LogP contribution in [0.5, 0.6) is 0 Å². The topological polar surface area (TPSA) is 46.3 Å². The fourth-order valence-electron chi connectivity index (χ4n) is 2.35. The molecule has 94 valence electrons. The molecule has 1 fully saturated rings. The van der Waals surface area contributed by atoms with Crippen molar-refractivity contribution in [3.05, 3.63) is 0 Å². The molecule has 0 saturated heterocycles. The smallest absolute Gasteiger partial charge is 0.224 e. The van der Waals surface area contributed by atoms with Gasteiger partial charge in [-0.15, -0.1) is 0 Å². The summed E-state index contributed by atoms with van der Waals surface area (Å²) in [5.41, 5.74) is 5.82. The lowest BCUT2D eigenvalue weighted by Crippen LogP contribution is -2.41. The SMILES string of the molecule is CCC(N)CC(=O)N(C)C1CCC(C)CC1. The molecule has 16 heavy (non-hydrogen) atoms. The monoisotopic (exact) mass is 226 g/mol. The number of carbonyl (C=O) groups excluding carboxylic acids is 1. The molecule has 0 bridgehead atoms. The first-order chi connectivity index (χ1) is 7.54. The Balaban J connectivity index is 2.38. The number of amides is 1. The van der Waals surface area contributed by atoms with E-state index in [0.717, 1.165) is 25.2 Å². The summed E-state index contributed by atoms with van der Waals surface area (Å²) in [6, 6.07) is 0.477. The highest BCUT2D eigenvalue weighted by atomic mass is 16.2. The van der Waals surface area contributed by atoms with Crippen LogP contribution >= 0.6 is 0 Å². The quantitative estimate of drug-likeness (QED) is 0.798. The highest BCUT2D eigenvalue weighted by Crippen LogP contribution is 2.26. The Morgan fingerprint density at radius 3 is 2.44 bits per heavy atom. The molecule has 2 N–H and O–H groups in total. The van der Waals surface area contributed by atoms with Gasteiger partial charge in [0.2, 0.25) is 5.91 Å². The molecular formula is C13H26N2O. The maximum absolute atomic E-state index is 11.9. The maximum atomic E-state index is 11.9. The van der Waals surface area contributed by atoms with Crippen LogP contribution in [0.3, 0.4) is 0 Å². The second-order valence-corrected chi connectivity index (χ2v) is 5.29. The summed E-state index contributed by atoms with van der Waals surface area (Å²) in [5, 5.41) is 0. The normalized spacial score (nSPS) is 27.5. The minimum absolute atomic E-state index is 0.0254. The van der Waals surface area contributed by atoms with Gasteiger partial charge in [0, 0.05) is 25.6 Å². The zero-order valence-electron chi connectivity index (χ0n) is 10.9. The second kappa shape index (κ2) is 6.24. The third-order valence-corrected chi connectivity index (χ3v) is 3.89. The summed E-state index contributed by atoms with van der Waals surface area (Å²) in [7, 11) is 1.94. The molecule has 0 spiro atoms. The van der Waals surface area contributed by atoms with Gasteiger partial charge in [-0.25, -0.2) is 0 Å². The van der Waals surface area contributed by atoms with Crippen molar-refractivity contribution in [2.24, 2.45) is 11.7 Å². The number of hydrogen-bond acceptors (Lipinski definition) is 2. The zero-order valence-corrected chi connectivity index (χ0v) is 10.9. The standard InChI is InChI=1S/C13H26N2O/c1-4-11(14)9-13(16)15(3)12-7-5-10(2)6-8-12/h10-12H,4-9,14H2,1-3H3. The van der Waals surface area contributed by atoms with E-state index in [9.17, 15) is 4.79 Å². The van der Waals surface area contributed by atoms with Crippen LogP contribution in [0.4, 0.5) is 0 Å². The van der Waals surface area contributed by atoms with Crippen LogP contribution in [0.15, 0.2) is 0 Å². The molecule has 3 heteroatoms. The number of carbonyl (C=O) groups is 1. The molecule has 0 heterocycles. The lowest BCUT2D eigenvalue weighted by molar-refractivity contribution is -0.133. The molecule has 1 unspecified atom stereocenters. The Hall–Kier alpha value is -0.570. The van der Waals surface area contributed by atoms with Crippen LogP contribution in [0.2, 0.25) is 0 Å². The van der Waals surface area contributed by atoms with Crippen molar-refractivity contribution in [2.75, 3.05) is 7.05 Å². The van der Waals surface area contributed by atoms with Crippen molar-refractivity contribution in [2.45, 2.75) is 64.5 Å². The van der Waals surface area contributed by atoms with Crippen molar-refractivity contribution in [1.29, 1.82) is 0 Å². The average Bonchev–Trinajstić information content (AvgIpc) is 2.28. The van der Waals surface area contributed by atoms with Crippen LogP contribution < -0.4 is 5.73 Å². The number of rotatable bonds is 4. The summed E-state index contributed by atoms with van der Waals surface area (Å²) in [6.07, 6.45) is 6.19. The predicted molar refractivity (Wildman–Crippen MR) is 67.1 cm³/mol.